The number of benzene rings is 1. The summed E-state index contributed by atoms with van der Waals surface area (Å²) in [5.41, 5.74) is 0.0235. The van der Waals surface area contributed by atoms with Crippen molar-refractivity contribution in [1.29, 1.82) is 0 Å². The zero-order valence-corrected chi connectivity index (χ0v) is 15.3. The van der Waals surface area contributed by atoms with Crippen LogP contribution in [0.15, 0.2) is 41.8 Å². The number of amides is 1. The van der Waals surface area contributed by atoms with Crippen LogP contribution in [0.4, 0.5) is 5.69 Å². The molecule has 0 spiro atoms. The van der Waals surface area contributed by atoms with Crippen LogP contribution in [-0.2, 0) is 20.7 Å². The highest BCUT2D eigenvalue weighted by Crippen LogP contribution is 2.19. The van der Waals surface area contributed by atoms with E-state index in [1.54, 1.807) is 45.0 Å². The monoisotopic (exact) mass is 359 g/mol. The van der Waals surface area contributed by atoms with Gasteiger partial charge in [-0.1, -0.05) is 39.0 Å². The lowest BCUT2D eigenvalue weighted by atomic mass is 9.91. The average Bonchev–Trinajstić information content (AvgIpc) is 3.04. The summed E-state index contributed by atoms with van der Waals surface area (Å²) in [6, 6.07) is 10.3. The molecule has 25 heavy (non-hydrogen) atoms. The second-order valence-corrected chi connectivity index (χ2v) is 7.63. The van der Waals surface area contributed by atoms with E-state index in [0.717, 1.165) is 4.88 Å². The largest absolute Gasteiger partial charge is 0.454 e. The van der Waals surface area contributed by atoms with Crippen molar-refractivity contribution in [2.45, 2.75) is 27.2 Å². The molecule has 1 aromatic carbocycles. The Kier molecular flexibility index (Phi) is 6.09. The number of hydrogen-bond donors (Lipinski definition) is 1. The predicted molar refractivity (Wildman–Crippen MR) is 97.8 cm³/mol. The lowest BCUT2D eigenvalue weighted by Crippen LogP contribution is -2.26. The molecule has 0 bridgehead atoms. The summed E-state index contributed by atoms with van der Waals surface area (Å²) >= 11 is 1.50. The highest BCUT2D eigenvalue weighted by molar-refractivity contribution is 7.10. The quantitative estimate of drug-likeness (QED) is 0.798. The lowest BCUT2D eigenvalue weighted by molar-refractivity contribution is -0.129. The molecule has 1 aromatic heterocycles. The van der Waals surface area contributed by atoms with Crippen molar-refractivity contribution in [3.05, 3.63) is 52.2 Å². The van der Waals surface area contributed by atoms with Crippen molar-refractivity contribution in [3.8, 4) is 0 Å². The minimum Gasteiger partial charge on any atom is -0.454 e. The van der Waals surface area contributed by atoms with E-state index >= 15 is 0 Å². The smallest absolute Gasteiger partial charge is 0.340 e. The molecule has 0 aliphatic heterocycles. The normalized spacial score (nSPS) is 11.0. The molecule has 0 atom stereocenters. The van der Waals surface area contributed by atoms with Gasteiger partial charge in [0.25, 0.3) is 0 Å². The number of Topliss-reactive ketones (excluding diaryl/α,β-unsaturated/α-hetero) is 1. The number of para-hydroxylation sites is 1. The van der Waals surface area contributed by atoms with Crippen LogP contribution in [0, 0.1) is 5.41 Å². The maximum Gasteiger partial charge on any atom is 0.340 e. The molecular formula is C19H21NO4S. The topological polar surface area (TPSA) is 72.5 Å². The van der Waals surface area contributed by atoms with Crippen molar-refractivity contribution >= 4 is 34.7 Å². The van der Waals surface area contributed by atoms with Crippen LogP contribution in [0.25, 0.3) is 0 Å². The molecule has 0 aliphatic carbocycles. The van der Waals surface area contributed by atoms with Gasteiger partial charge in [-0.25, -0.2) is 4.79 Å². The number of hydrogen-bond acceptors (Lipinski definition) is 5. The van der Waals surface area contributed by atoms with Gasteiger partial charge in [-0.2, -0.15) is 0 Å². The standard InChI is InChI=1S/C19H21NO4S/c1-19(2,3)16(21)12-24-18(23)14-8-4-5-9-15(14)20-17(22)11-13-7-6-10-25-13/h4-10H,11-12H2,1-3H3,(H,20,22). The van der Waals surface area contributed by atoms with E-state index in [-0.39, 0.29) is 30.3 Å². The van der Waals surface area contributed by atoms with Gasteiger partial charge in [-0.15, -0.1) is 11.3 Å². The summed E-state index contributed by atoms with van der Waals surface area (Å²) in [5, 5.41) is 4.63. The molecule has 2 rings (SSSR count). The zero-order chi connectivity index (χ0) is 18.4. The van der Waals surface area contributed by atoms with Gasteiger partial charge in [-0.3, -0.25) is 9.59 Å². The molecule has 0 fully saturated rings. The number of anilines is 1. The number of nitrogens with one attached hydrogen (secondary N) is 1. The molecule has 0 saturated carbocycles. The number of carbonyl (C=O) groups excluding carboxylic acids is 3. The van der Waals surface area contributed by atoms with Crippen LogP contribution in [0.5, 0.6) is 0 Å². The van der Waals surface area contributed by atoms with Crippen LogP contribution in [0.2, 0.25) is 0 Å². The number of esters is 1. The van der Waals surface area contributed by atoms with Gasteiger partial charge in [0.15, 0.2) is 12.4 Å². The molecule has 0 saturated heterocycles. The number of thiophene rings is 1. The Labute approximate surface area is 151 Å². The molecule has 2 aromatic rings. The van der Waals surface area contributed by atoms with Gasteiger partial charge >= 0.3 is 5.97 Å². The Morgan fingerprint density at radius 3 is 2.44 bits per heavy atom. The Hall–Kier alpha value is -2.47. The second kappa shape index (κ2) is 8.07. The fourth-order valence-corrected chi connectivity index (χ4v) is 2.66. The van der Waals surface area contributed by atoms with E-state index in [1.807, 2.05) is 17.5 Å². The van der Waals surface area contributed by atoms with Gasteiger partial charge < -0.3 is 10.1 Å². The lowest BCUT2D eigenvalue weighted by Gasteiger charge is -2.16. The first kappa shape index (κ1) is 18.9. The van der Waals surface area contributed by atoms with Crippen LogP contribution < -0.4 is 5.32 Å². The van der Waals surface area contributed by atoms with Gasteiger partial charge in [-0.05, 0) is 23.6 Å². The summed E-state index contributed by atoms with van der Waals surface area (Å²) in [7, 11) is 0. The van der Waals surface area contributed by atoms with Crippen molar-refractivity contribution in [2.75, 3.05) is 11.9 Å². The van der Waals surface area contributed by atoms with Crippen molar-refractivity contribution in [2.24, 2.45) is 5.41 Å². The summed E-state index contributed by atoms with van der Waals surface area (Å²) < 4.78 is 5.11. The summed E-state index contributed by atoms with van der Waals surface area (Å²) in [4.78, 5) is 37.2. The number of carbonyl (C=O) groups is 3. The Morgan fingerprint density at radius 1 is 1.08 bits per heavy atom. The minimum absolute atomic E-state index is 0.167. The molecule has 0 unspecified atom stereocenters. The first-order valence-electron chi connectivity index (χ1n) is 7.89. The zero-order valence-electron chi connectivity index (χ0n) is 14.5. The third-order valence-corrected chi connectivity index (χ3v) is 4.38. The Bertz CT molecular complexity index is 760. The molecule has 1 heterocycles. The molecule has 6 heteroatoms. The number of ether oxygens (including phenoxy) is 1. The minimum atomic E-state index is -0.635. The van der Waals surface area contributed by atoms with E-state index in [1.165, 1.54) is 11.3 Å². The van der Waals surface area contributed by atoms with E-state index in [2.05, 4.69) is 5.32 Å². The van der Waals surface area contributed by atoms with Crippen molar-refractivity contribution in [1.82, 2.24) is 0 Å². The van der Waals surface area contributed by atoms with Crippen LogP contribution >= 0.6 is 11.3 Å². The van der Waals surface area contributed by atoms with Crippen molar-refractivity contribution in [3.63, 3.8) is 0 Å². The van der Waals surface area contributed by atoms with Crippen LogP contribution in [-0.4, -0.2) is 24.3 Å². The van der Waals surface area contributed by atoms with Gasteiger partial charge in [0.2, 0.25) is 5.91 Å². The molecule has 5 nitrogen and oxygen atoms in total. The van der Waals surface area contributed by atoms with E-state index in [4.69, 9.17) is 4.74 Å². The van der Waals surface area contributed by atoms with Crippen LogP contribution in [0.3, 0.4) is 0 Å². The predicted octanol–water partition coefficient (Wildman–Crippen LogP) is 3.70. The summed E-state index contributed by atoms with van der Waals surface area (Å²) in [6.45, 7) is 5.01. The Morgan fingerprint density at radius 2 is 1.80 bits per heavy atom. The fourth-order valence-electron chi connectivity index (χ4n) is 1.96. The molecule has 0 radical (unpaired) electrons. The molecule has 1 N–H and O–H groups in total. The van der Waals surface area contributed by atoms with E-state index in [9.17, 15) is 14.4 Å². The van der Waals surface area contributed by atoms with E-state index in [0.29, 0.717) is 5.69 Å². The first-order chi connectivity index (χ1) is 11.8. The second-order valence-electron chi connectivity index (χ2n) is 6.60. The SMILES string of the molecule is CC(C)(C)C(=O)COC(=O)c1ccccc1NC(=O)Cc1cccs1. The van der Waals surface area contributed by atoms with Crippen molar-refractivity contribution < 1.29 is 19.1 Å². The maximum atomic E-state index is 12.3. The summed E-state index contributed by atoms with van der Waals surface area (Å²) in [6.07, 6.45) is 0.240. The molecule has 0 aliphatic rings. The first-order valence-corrected chi connectivity index (χ1v) is 8.77. The average molecular weight is 359 g/mol. The third-order valence-electron chi connectivity index (χ3n) is 3.51. The number of rotatable bonds is 6. The van der Waals surface area contributed by atoms with Gasteiger partial charge in [0.05, 0.1) is 17.7 Å². The summed E-state index contributed by atoms with van der Waals surface area (Å²) in [5.74, 6) is -1.02. The van der Waals surface area contributed by atoms with Gasteiger partial charge in [0, 0.05) is 10.3 Å². The number of ketones is 1. The molecular weight excluding hydrogens is 338 g/mol. The highest BCUT2D eigenvalue weighted by Gasteiger charge is 2.23. The molecule has 132 valence electrons. The maximum absolute atomic E-state index is 12.3. The fraction of sp³-hybridized carbons (Fsp3) is 0.316. The molecule has 1 amide bonds. The van der Waals surface area contributed by atoms with E-state index < -0.39 is 11.4 Å². The Balaban J connectivity index is 2.03. The third kappa shape index (κ3) is 5.53. The van der Waals surface area contributed by atoms with Crippen LogP contribution in [0.1, 0.15) is 36.0 Å². The van der Waals surface area contributed by atoms with Gasteiger partial charge in [0.1, 0.15) is 0 Å². The highest BCUT2D eigenvalue weighted by atomic mass is 32.1.